The van der Waals surface area contributed by atoms with Crippen molar-refractivity contribution in [1.29, 1.82) is 0 Å². The lowest BCUT2D eigenvalue weighted by Crippen LogP contribution is -2.38. The van der Waals surface area contributed by atoms with Crippen LogP contribution in [0.5, 0.6) is 46.0 Å². The zero-order valence-electron chi connectivity index (χ0n) is 30.7. The second kappa shape index (κ2) is 16.4. The Morgan fingerprint density at radius 2 is 1.32 bits per heavy atom. The first kappa shape index (κ1) is 36.5. The van der Waals surface area contributed by atoms with E-state index in [2.05, 4.69) is 22.7 Å². The molecule has 13 nitrogen and oxygen atoms in total. The van der Waals surface area contributed by atoms with Crippen LogP contribution in [0.25, 0.3) is 22.6 Å². The summed E-state index contributed by atoms with van der Waals surface area (Å²) in [6.45, 7) is 2.09. The Bertz CT molecular complexity index is 2010. The van der Waals surface area contributed by atoms with Gasteiger partial charge in [-0.1, -0.05) is 36.7 Å². The van der Waals surface area contributed by atoms with Crippen LogP contribution < -0.4 is 48.5 Å². The lowest BCUT2D eigenvalue weighted by Gasteiger charge is -2.29. The standard InChI is InChI=1S/C40H43N3O10/c1-8-9-14-36(51-29-16-15-23(17-31(29)45-2)39-41-27-13-11-10-12-26(27)40(44)42-39)52-38-34(48-5)18-24(19-35(38)49-6)28-22-30(53-43-28)25-20-32(46-3)37(50-7)33(21-25)47-4/h10-13,15-22,36,39,41H,8-9,14H2,1-7H3,(H,42,44). The van der Waals surface area contributed by atoms with Crippen LogP contribution in [0.2, 0.25) is 0 Å². The molecule has 4 aromatic carbocycles. The van der Waals surface area contributed by atoms with Crippen LogP contribution in [0.4, 0.5) is 5.69 Å². The van der Waals surface area contributed by atoms with Crippen molar-refractivity contribution in [2.24, 2.45) is 0 Å². The van der Waals surface area contributed by atoms with E-state index < -0.39 is 12.5 Å². The molecule has 1 aromatic heterocycles. The van der Waals surface area contributed by atoms with Gasteiger partial charge < -0.3 is 53.1 Å². The number of aromatic nitrogens is 1. The van der Waals surface area contributed by atoms with Crippen LogP contribution >= 0.6 is 0 Å². The number of hydrogen-bond donors (Lipinski definition) is 2. The summed E-state index contributed by atoms with van der Waals surface area (Å²) >= 11 is 0. The summed E-state index contributed by atoms with van der Waals surface area (Å²) < 4.78 is 52.6. The van der Waals surface area contributed by atoms with Gasteiger partial charge in [0.15, 0.2) is 40.3 Å². The molecule has 2 heterocycles. The molecule has 0 aliphatic carbocycles. The maximum atomic E-state index is 12.8. The fourth-order valence-electron chi connectivity index (χ4n) is 6.04. The molecule has 13 heteroatoms. The fourth-order valence-corrected chi connectivity index (χ4v) is 6.04. The van der Waals surface area contributed by atoms with E-state index in [1.165, 1.54) is 0 Å². The summed E-state index contributed by atoms with van der Waals surface area (Å²) in [6, 6.07) is 21.8. The number of ether oxygens (including phenoxy) is 8. The molecule has 1 amide bonds. The minimum atomic E-state index is -0.735. The molecular weight excluding hydrogens is 682 g/mol. The molecule has 0 bridgehead atoms. The van der Waals surface area contributed by atoms with Crippen molar-refractivity contribution in [2.45, 2.75) is 38.6 Å². The molecule has 2 N–H and O–H groups in total. The average Bonchev–Trinajstić information content (AvgIpc) is 3.70. The normalized spacial score (nSPS) is 13.9. The highest BCUT2D eigenvalue weighted by Crippen LogP contribution is 2.45. The minimum Gasteiger partial charge on any atom is -0.493 e. The number of rotatable bonds is 16. The molecule has 1 aliphatic rings. The average molecular weight is 726 g/mol. The maximum Gasteiger partial charge on any atom is 0.255 e. The molecule has 2 atom stereocenters. The summed E-state index contributed by atoms with van der Waals surface area (Å²) in [7, 11) is 9.32. The van der Waals surface area contributed by atoms with Crippen LogP contribution in [-0.2, 0) is 0 Å². The van der Waals surface area contributed by atoms with Gasteiger partial charge in [-0.3, -0.25) is 4.79 Å². The quantitative estimate of drug-likeness (QED) is 0.0956. The molecule has 2 unspecified atom stereocenters. The third kappa shape index (κ3) is 7.69. The van der Waals surface area contributed by atoms with Gasteiger partial charge in [0.25, 0.3) is 5.91 Å². The first-order valence-electron chi connectivity index (χ1n) is 17.1. The largest absolute Gasteiger partial charge is 0.493 e. The number of nitrogens with one attached hydrogen (secondary N) is 2. The van der Waals surface area contributed by atoms with Crippen LogP contribution in [0.1, 0.15) is 48.3 Å². The van der Waals surface area contributed by atoms with Crippen LogP contribution in [0.3, 0.4) is 0 Å². The number of para-hydroxylation sites is 1. The summed E-state index contributed by atoms with van der Waals surface area (Å²) in [5, 5.41) is 10.7. The van der Waals surface area contributed by atoms with E-state index >= 15 is 0 Å². The summed E-state index contributed by atoms with van der Waals surface area (Å²) in [5.41, 5.74) is 4.03. The maximum absolute atomic E-state index is 12.8. The highest BCUT2D eigenvalue weighted by atomic mass is 16.7. The number of fused-ring (bicyclic) bond motifs is 1. The second-order valence-electron chi connectivity index (χ2n) is 12.0. The van der Waals surface area contributed by atoms with Crippen molar-refractivity contribution in [1.82, 2.24) is 10.5 Å². The molecule has 5 aromatic rings. The number of anilines is 1. The Hall–Kier alpha value is -6.24. The third-order valence-electron chi connectivity index (χ3n) is 8.78. The predicted octanol–water partition coefficient (Wildman–Crippen LogP) is 7.89. The van der Waals surface area contributed by atoms with Gasteiger partial charge >= 0.3 is 0 Å². The molecule has 0 fully saturated rings. The van der Waals surface area contributed by atoms with Gasteiger partial charge in [-0.15, -0.1) is 0 Å². The number of nitrogens with zero attached hydrogens (tertiary/aromatic N) is 1. The highest BCUT2D eigenvalue weighted by molar-refractivity contribution is 6.01. The first-order valence-corrected chi connectivity index (χ1v) is 17.1. The number of benzene rings is 4. The Morgan fingerprint density at radius 1 is 0.679 bits per heavy atom. The van der Waals surface area contributed by atoms with Crippen molar-refractivity contribution in [3.63, 3.8) is 0 Å². The Balaban J connectivity index is 1.26. The van der Waals surface area contributed by atoms with E-state index in [0.29, 0.717) is 80.6 Å². The van der Waals surface area contributed by atoms with Crippen LogP contribution in [0, 0.1) is 0 Å². The molecule has 0 radical (unpaired) electrons. The Morgan fingerprint density at radius 3 is 1.96 bits per heavy atom. The lowest BCUT2D eigenvalue weighted by atomic mass is 10.1. The van der Waals surface area contributed by atoms with Crippen molar-refractivity contribution in [2.75, 3.05) is 48.0 Å². The van der Waals surface area contributed by atoms with Crippen molar-refractivity contribution < 1.29 is 47.2 Å². The molecule has 6 rings (SSSR count). The van der Waals surface area contributed by atoms with Gasteiger partial charge in [0.2, 0.25) is 17.8 Å². The van der Waals surface area contributed by atoms with E-state index in [4.69, 9.17) is 42.4 Å². The van der Waals surface area contributed by atoms with E-state index in [1.807, 2.05) is 30.3 Å². The topological polar surface area (TPSA) is 141 Å². The number of methoxy groups -OCH3 is 6. The van der Waals surface area contributed by atoms with Gasteiger partial charge in [-0.2, -0.15) is 0 Å². The van der Waals surface area contributed by atoms with E-state index in [-0.39, 0.29) is 5.91 Å². The lowest BCUT2D eigenvalue weighted by molar-refractivity contribution is -0.00721. The smallest absolute Gasteiger partial charge is 0.255 e. The SMILES string of the molecule is CCCCC(Oc1ccc(C2NC(=O)c3ccccc3N2)cc1OC)Oc1c(OC)cc(-c2cc(-c3cc(OC)c(OC)c(OC)c3)on2)cc1OC. The van der Waals surface area contributed by atoms with E-state index in [0.717, 1.165) is 24.1 Å². The van der Waals surface area contributed by atoms with E-state index in [1.54, 1.807) is 85.1 Å². The number of carbonyl (C=O) groups excluding carboxylic acids is 1. The minimum absolute atomic E-state index is 0.159. The number of amides is 1. The molecule has 0 spiro atoms. The Kier molecular flexibility index (Phi) is 11.3. The first-order chi connectivity index (χ1) is 25.8. The Labute approximate surface area is 308 Å². The van der Waals surface area contributed by atoms with Crippen molar-refractivity contribution in [3.05, 3.63) is 83.9 Å². The highest BCUT2D eigenvalue weighted by Gasteiger charge is 2.27. The van der Waals surface area contributed by atoms with Gasteiger partial charge in [0.1, 0.15) is 11.9 Å². The van der Waals surface area contributed by atoms with Crippen molar-refractivity contribution >= 4 is 11.6 Å². The van der Waals surface area contributed by atoms with Gasteiger partial charge in [-0.05, 0) is 60.5 Å². The molecule has 53 heavy (non-hydrogen) atoms. The van der Waals surface area contributed by atoms with E-state index in [9.17, 15) is 4.79 Å². The molecule has 0 saturated carbocycles. The molecule has 1 aliphatic heterocycles. The third-order valence-corrected chi connectivity index (χ3v) is 8.78. The number of hydrogen-bond acceptors (Lipinski definition) is 12. The van der Waals surface area contributed by atoms with Crippen molar-refractivity contribution in [3.8, 4) is 68.6 Å². The molecule has 0 saturated heterocycles. The molecular formula is C40H43N3O10. The summed E-state index contributed by atoms with van der Waals surface area (Å²) in [6.07, 6.45) is 1.12. The van der Waals surface area contributed by atoms with Crippen LogP contribution in [0.15, 0.2) is 77.3 Å². The zero-order chi connectivity index (χ0) is 37.5. The number of carbonyl (C=O) groups is 1. The van der Waals surface area contributed by atoms with Gasteiger partial charge in [0, 0.05) is 29.3 Å². The monoisotopic (exact) mass is 725 g/mol. The molecule has 278 valence electrons. The number of unbranched alkanes of at least 4 members (excludes halogenated alkanes) is 1. The van der Waals surface area contributed by atoms with Gasteiger partial charge in [0.05, 0.1) is 48.2 Å². The van der Waals surface area contributed by atoms with Crippen LogP contribution in [-0.4, -0.2) is 60.0 Å². The predicted molar refractivity (Wildman–Crippen MR) is 198 cm³/mol. The summed E-state index contributed by atoms with van der Waals surface area (Å²) in [4.78, 5) is 12.8. The zero-order valence-corrected chi connectivity index (χ0v) is 30.7. The summed E-state index contributed by atoms with van der Waals surface area (Å²) in [5.74, 6) is 3.88. The second-order valence-corrected chi connectivity index (χ2v) is 12.0. The fraction of sp³-hybridized carbons (Fsp3) is 0.300. The van der Waals surface area contributed by atoms with Gasteiger partial charge in [-0.25, -0.2) is 0 Å².